The molecule has 0 aromatic rings. The average Bonchev–Trinajstić information content (AvgIpc) is 2.85. The van der Waals surface area contributed by atoms with Gasteiger partial charge in [-0.3, -0.25) is 0 Å². The van der Waals surface area contributed by atoms with Crippen molar-refractivity contribution >= 4 is 0 Å². The molecule has 0 spiro atoms. The number of likely N-dealkylation sites (tertiary alicyclic amines) is 1. The van der Waals surface area contributed by atoms with Crippen molar-refractivity contribution in [3.63, 3.8) is 0 Å². The molecular formula is C16H32N2. The zero-order valence-corrected chi connectivity index (χ0v) is 12.6. The van der Waals surface area contributed by atoms with Crippen molar-refractivity contribution in [1.29, 1.82) is 0 Å². The fourth-order valence-electron chi connectivity index (χ4n) is 3.75. The molecule has 2 nitrogen and oxygen atoms in total. The molecule has 2 fully saturated rings. The van der Waals surface area contributed by atoms with E-state index < -0.39 is 0 Å². The molecule has 1 heterocycles. The molecule has 106 valence electrons. The second kappa shape index (κ2) is 6.91. The highest BCUT2D eigenvalue weighted by atomic mass is 15.2. The van der Waals surface area contributed by atoms with Crippen molar-refractivity contribution in [3.8, 4) is 0 Å². The summed E-state index contributed by atoms with van der Waals surface area (Å²) >= 11 is 0. The lowest BCUT2D eigenvalue weighted by Gasteiger charge is -2.37. The smallest absolute Gasteiger partial charge is 0.00981 e. The van der Waals surface area contributed by atoms with Crippen LogP contribution in [-0.4, -0.2) is 36.6 Å². The third kappa shape index (κ3) is 3.96. The molecule has 0 bridgehead atoms. The van der Waals surface area contributed by atoms with E-state index in [2.05, 4.69) is 31.0 Å². The third-order valence-corrected chi connectivity index (χ3v) is 4.97. The summed E-state index contributed by atoms with van der Waals surface area (Å²) in [7, 11) is 0. The summed E-state index contributed by atoms with van der Waals surface area (Å²) in [6.07, 6.45) is 8.65. The minimum Gasteiger partial charge on any atom is -0.314 e. The van der Waals surface area contributed by atoms with Crippen LogP contribution in [0.15, 0.2) is 0 Å². The molecule has 1 N–H and O–H groups in total. The summed E-state index contributed by atoms with van der Waals surface area (Å²) in [4.78, 5) is 2.81. The van der Waals surface area contributed by atoms with Crippen LogP contribution in [0, 0.1) is 11.8 Å². The van der Waals surface area contributed by atoms with Crippen LogP contribution in [0.4, 0.5) is 0 Å². The van der Waals surface area contributed by atoms with Crippen LogP contribution >= 0.6 is 0 Å². The molecule has 1 aliphatic heterocycles. The zero-order chi connectivity index (χ0) is 13.0. The molecule has 3 atom stereocenters. The van der Waals surface area contributed by atoms with Gasteiger partial charge < -0.3 is 10.2 Å². The van der Waals surface area contributed by atoms with Crippen LogP contribution in [0.25, 0.3) is 0 Å². The van der Waals surface area contributed by atoms with Gasteiger partial charge >= 0.3 is 0 Å². The maximum absolute atomic E-state index is 3.62. The number of hydrogen-bond donors (Lipinski definition) is 1. The summed E-state index contributed by atoms with van der Waals surface area (Å²) in [6.45, 7) is 10.8. The predicted octanol–water partition coefficient (Wildman–Crippen LogP) is 3.28. The number of rotatable bonds is 5. The normalized spacial score (nSPS) is 34.3. The lowest BCUT2D eigenvalue weighted by Crippen LogP contribution is -2.45. The Balaban J connectivity index is 1.76. The zero-order valence-electron chi connectivity index (χ0n) is 12.6. The summed E-state index contributed by atoms with van der Waals surface area (Å²) in [5, 5.41) is 3.62. The first-order chi connectivity index (χ1) is 8.69. The summed E-state index contributed by atoms with van der Waals surface area (Å²) in [5.74, 6) is 1.91. The monoisotopic (exact) mass is 252 g/mol. The largest absolute Gasteiger partial charge is 0.314 e. The number of nitrogens with one attached hydrogen (secondary N) is 1. The molecule has 1 saturated carbocycles. The van der Waals surface area contributed by atoms with Gasteiger partial charge in [0.15, 0.2) is 0 Å². The van der Waals surface area contributed by atoms with E-state index in [0.29, 0.717) is 6.04 Å². The Kier molecular flexibility index (Phi) is 5.50. The van der Waals surface area contributed by atoms with Gasteiger partial charge in [-0.1, -0.05) is 27.2 Å². The van der Waals surface area contributed by atoms with Gasteiger partial charge in [0.05, 0.1) is 0 Å². The Labute approximate surface area is 114 Å². The Bertz CT molecular complexity index is 239. The molecule has 2 heteroatoms. The Morgan fingerprint density at radius 2 is 2.00 bits per heavy atom. The minimum absolute atomic E-state index is 0.635. The molecule has 0 aromatic heterocycles. The van der Waals surface area contributed by atoms with E-state index in [1.54, 1.807) is 0 Å². The molecule has 3 unspecified atom stereocenters. The summed E-state index contributed by atoms with van der Waals surface area (Å²) in [5.41, 5.74) is 0. The molecule has 1 aliphatic carbocycles. The van der Waals surface area contributed by atoms with Crippen molar-refractivity contribution in [2.45, 2.75) is 71.4 Å². The van der Waals surface area contributed by atoms with E-state index in [0.717, 1.165) is 17.9 Å². The quantitative estimate of drug-likeness (QED) is 0.808. The van der Waals surface area contributed by atoms with E-state index in [1.165, 1.54) is 58.2 Å². The van der Waals surface area contributed by atoms with Crippen molar-refractivity contribution in [3.05, 3.63) is 0 Å². The standard InChI is InChI=1S/C16H32N2/c1-4-14-7-8-16(10-14)18-9-5-6-15(12-18)11-17-13(2)3/h13-17H,4-12H2,1-3H3. The van der Waals surface area contributed by atoms with E-state index in [9.17, 15) is 0 Å². The highest BCUT2D eigenvalue weighted by Gasteiger charge is 2.31. The van der Waals surface area contributed by atoms with Gasteiger partial charge in [0, 0.05) is 18.6 Å². The van der Waals surface area contributed by atoms with Gasteiger partial charge in [0.25, 0.3) is 0 Å². The lowest BCUT2D eigenvalue weighted by atomic mass is 9.95. The van der Waals surface area contributed by atoms with Crippen LogP contribution in [0.3, 0.4) is 0 Å². The summed E-state index contributed by atoms with van der Waals surface area (Å²) in [6, 6.07) is 1.55. The number of hydrogen-bond acceptors (Lipinski definition) is 2. The minimum atomic E-state index is 0.635. The molecule has 2 aliphatic rings. The lowest BCUT2D eigenvalue weighted by molar-refractivity contribution is 0.120. The molecule has 2 rings (SSSR count). The molecule has 0 radical (unpaired) electrons. The Morgan fingerprint density at radius 1 is 1.17 bits per heavy atom. The Morgan fingerprint density at radius 3 is 2.67 bits per heavy atom. The fraction of sp³-hybridized carbons (Fsp3) is 1.00. The van der Waals surface area contributed by atoms with Gasteiger partial charge in [-0.25, -0.2) is 0 Å². The van der Waals surface area contributed by atoms with Gasteiger partial charge in [0.1, 0.15) is 0 Å². The average molecular weight is 252 g/mol. The van der Waals surface area contributed by atoms with Crippen LogP contribution in [0.1, 0.15) is 59.3 Å². The second-order valence-electron chi connectivity index (χ2n) is 6.81. The van der Waals surface area contributed by atoms with Crippen molar-refractivity contribution in [2.75, 3.05) is 19.6 Å². The van der Waals surface area contributed by atoms with Crippen molar-refractivity contribution < 1.29 is 0 Å². The van der Waals surface area contributed by atoms with Gasteiger partial charge in [-0.2, -0.15) is 0 Å². The topological polar surface area (TPSA) is 15.3 Å². The summed E-state index contributed by atoms with van der Waals surface area (Å²) < 4.78 is 0. The van der Waals surface area contributed by atoms with Crippen LogP contribution in [0.5, 0.6) is 0 Å². The molecule has 0 amide bonds. The first-order valence-corrected chi connectivity index (χ1v) is 8.16. The van der Waals surface area contributed by atoms with Gasteiger partial charge in [0.2, 0.25) is 0 Å². The number of nitrogens with zero attached hydrogens (tertiary/aromatic N) is 1. The first-order valence-electron chi connectivity index (χ1n) is 8.16. The number of piperidine rings is 1. The van der Waals surface area contributed by atoms with Crippen LogP contribution < -0.4 is 5.32 Å². The SMILES string of the molecule is CCC1CCC(N2CCCC(CNC(C)C)C2)C1. The second-order valence-corrected chi connectivity index (χ2v) is 6.81. The fourth-order valence-corrected chi connectivity index (χ4v) is 3.75. The van der Waals surface area contributed by atoms with E-state index >= 15 is 0 Å². The third-order valence-electron chi connectivity index (χ3n) is 4.97. The highest BCUT2D eigenvalue weighted by Crippen LogP contribution is 2.33. The maximum atomic E-state index is 3.62. The van der Waals surface area contributed by atoms with Gasteiger partial charge in [-0.05, 0) is 57.0 Å². The molecule has 1 saturated heterocycles. The first kappa shape index (κ1) is 14.3. The van der Waals surface area contributed by atoms with E-state index in [4.69, 9.17) is 0 Å². The van der Waals surface area contributed by atoms with E-state index in [-0.39, 0.29) is 0 Å². The van der Waals surface area contributed by atoms with Crippen molar-refractivity contribution in [2.24, 2.45) is 11.8 Å². The predicted molar refractivity (Wildman–Crippen MR) is 78.9 cm³/mol. The highest BCUT2D eigenvalue weighted by molar-refractivity contribution is 4.86. The molecular weight excluding hydrogens is 220 g/mol. The van der Waals surface area contributed by atoms with E-state index in [1.807, 2.05) is 0 Å². The van der Waals surface area contributed by atoms with Crippen molar-refractivity contribution in [1.82, 2.24) is 10.2 Å². The maximum Gasteiger partial charge on any atom is 0.00981 e. The Hall–Kier alpha value is -0.0800. The molecule has 0 aromatic carbocycles. The van der Waals surface area contributed by atoms with Crippen LogP contribution in [-0.2, 0) is 0 Å². The molecule has 18 heavy (non-hydrogen) atoms. The van der Waals surface area contributed by atoms with Gasteiger partial charge in [-0.15, -0.1) is 0 Å². The van der Waals surface area contributed by atoms with Crippen LogP contribution in [0.2, 0.25) is 0 Å².